The van der Waals surface area contributed by atoms with Crippen LogP contribution >= 0.6 is 0 Å². The fourth-order valence-electron chi connectivity index (χ4n) is 3.02. The summed E-state index contributed by atoms with van der Waals surface area (Å²) in [4.78, 5) is 0. The van der Waals surface area contributed by atoms with Gasteiger partial charge in [-0.2, -0.15) is 0 Å². The average Bonchev–Trinajstić information content (AvgIpc) is 2.38. The molecule has 1 nitrogen and oxygen atoms in total. The van der Waals surface area contributed by atoms with E-state index < -0.39 is 0 Å². The molecule has 1 aliphatic carbocycles. The smallest absolute Gasteiger partial charge is 0.00968 e. The maximum absolute atomic E-state index is 3.73. The molecule has 0 spiro atoms. The first-order valence-corrected chi connectivity index (χ1v) is 7.32. The van der Waals surface area contributed by atoms with E-state index in [1.54, 1.807) is 0 Å². The maximum atomic E-state index is 3.73. The minimum Gasteiger partial charge on any atom is -0.311 e. The zero-order valence-electron chi connectivity index (χ0n) is 12.1. The molecule has 100 valence electrons. The number of nitrogens with one attached hydrogen (secondary N) is 1. The van der Waals surface area contributed by atoms with Gasteiger partial charge in [-0.1, -0.05) is 49.6 Å². The quantitative estimate of drug-likeness (QED) is 0.838. The predicted molar refractivity (Wildman–Crippen MR) is 79.0 cm³/mol. The van der Waals surface area contributed by atoms with E-state index in [1.165, 1.54) is 37.7 Å². The van der Waals surface area contributed by atoms with Crippen LogP contribution in [0.3, 0.4) is 0 Å². The maximum Gasteiger partial charge on any atom is 0.00968 e. The Morgan fingerprint density at radius 3 is 2.17 bits per heavy atom. The molecular weight excluding hydrogens is 218 g/mol. The van der Waals surface area contributed by atoms with Crippen molar-refractivity contribution < 1.29 is 0 Å². The zero-order valence-corrected chi connectivity index (χ0v) is 12.1. The van der Waals surface area contributed by atoms with Crippen LogP contribution in [0.25, 0.3) is 0 Å². The van der Waals surface area contributed by atoms with Crippen LogP contribution in [-0.4, -0.2) is 12.1 Å². The molecule has 0 amide bonds. The zero-order chi connectivity index (χ0) is 13.1. The molecule has 0 heterocycles. The molecule has 0 radical (unpaired) electrons. The van der Waals surface area contributed by atoms with Gasteiger partial charge in [0.25, 0.3) is 0 Å². The molecule has 0 saturated heterocycles. The van der Waals surface area contributed by atoms with Crippen molar-refractivity contribution in [2.75, 3.05) is 6.54 Å². The SMILES string of the molecule is CC(C)(C)NCC1(c2ccccc2)CCCCC1. The Morgan fingerprint density at radius 2 is 1.61 bits per heavy atom. The van der Waals surface area contributed by atoms with E-state index in [4.69, 9.17) is 0 Å². The Hall–Kier alpha value is -0.820. The van der Waals surface area contributed by atoms with Crippen LogP contribution in [0.5, 0.6) is 0 Å². The fraction of sp³-hybridized carbons (Fsp3) is 0.647. The molecule has 0 unspecified atom stereocenters. The van der Waals surface area contributed by atoms with Gasteiger partial charge < -0.3 is 5.32 Å². The molecular formula is C17H27N. The topological polar surface area (TPSA) is 12.0 Å². The van der Waals surface area contributed by atoms with Gasteiger partial charge >= 0.3 is 0 Å². The van der Waals surface area contributed by atoms with Crippen molar-refractivity contribution in [3.8, 4) is 0 Å². The van der Waals surface area contributed by atoms with Crippen LogP contribution in [0, 0.1) is 0 Å². The lowest BCUT2D eigenvalue weighted by atomic mass is 9.69. The first-order valence-electron chi connectivity index (χ1n) is 7.32. The van der Waals surface area contributed by atoms with Gasteiger partial charge in [-0.3, -0.25) is 0 Å². The lowest BCUT2D eigenvalue weighted by Gasteiger charge is -2.40. The van der Waals surface area contributed by atoms with Crippen LogP contribution in [0.2, 0.25) is 0 Å². The molecule has 0 atom stereocenters. The van der Waals surface area contributed by atoms with Crippen molar-refractivity contribution >= 4 is 0 Å². The summed E-state index contributed by atoms with van der Waals surface area (Å²) in [6.45, 7) is 7.89. The van der Waals surface area contributed by atoms with E-state index >= 15 is 0 Å². The van der Waals surface area contributed by atoms with E-state index in [9.17, 15) is 0 Å². The highest BCUT2D eigenvalue weighted by Gasteiger charge is 2.34. The highest BCUT2D eigenvalue weighted by molar-refractivity contribution is 5.26. The van der Waals surface area contributed by atoms with Crippen LogP contribution < -0.4 is 5.32 Å². The number of hydrogen-bond donors (Lipinski definition) is 1. The molecule has 0 aliphatic heterocycles. The average molecular weight is 245 g/mol. The summed E-state index contributed by atoms with van der Waals surface area (Å²) in [5.41, 5.74) is 2.10. The minimum absolute atomic E-state index is 0.208. The lowest BCUT2D eigenvalue weighted by Crippen LogP contribution is -2.47. The van der Waals surface area contributed by atoms with E-state index in [0.29, 0.717) is 5.41 Å². The lowest BCUT2D eigenvalue weighted by molar-refractivity contribution is 0.254. The van der Waals surface area contributed by atoms with Crippen LogP contribution in [-0.2, 0) is 5.41 Å². The summed E-state index contributed by atoms with van der Waals surface area (Å²) in [7, 11) is 0. The largest absolute Gasteiger partial charge is 0.311 e. The molecule has 1 aliphatic rings. The number of rotatable bonds is 3. The van der Waals surface area contributed by atoms with Gasteiger partial charge in [0.2, 0.25) is 0 Å². The first kappa shape index (κ1) is 13.6. The summed E-state index contributed by atoms with van der Waals surface area (Å²) in [6, 6.07) is 11.1. The van der Waals surface area contributed by atoms with E-state index in [1.807, 2.05) is 0 Å². The van der Waals surface area contributed by atoms with Gasteiger partial charge in [-0.05, 0) is 39.2 Å². The van der Waals surface area contributed by atoms with Gasteiger partial charge in [0.15, 0.2) is 0 Å². The molecule has 1 fully saturated rings. The standard InChI is InChI=1S/C17H27N/c1-16(2,3)18-14-17(12-8-5-9-13-17)15-10-6-4-7-11-15/h4,6-7,10-11,18H,5,8-9,12-14H2,1-3H3. The Morgan fingerprint density at radius 1 is 1.00 bits per heavy atom. The Bertz CT molecular complexity index is 355. The van der Waals surface area contributed by atoms with Gasteiger partial charge in [0, 0.05) is 17.5 Å². The highest BCUT2D eigenvalue weighted by Crippen LogP contribution is 2.39. The Labute approximate surface area is 112 Å². The summed E-state index contributed by atoms with van der Waals surface area (Å²) in [6.07, 6.45) is 6.83. The van der Waals surface area contributed by atoms with Gasteiger partial charge in [-0.25, -0.2) is 0 Å². The molecule has 1 saturated carbocycles. The second kappa shape index (κ2) is 5.44. The third-order valence-electron chi connectivity index (χ3n) is 4.15. The minimum atomic E-state index is 0.208. The van der Waals surface area contributed by atoms with Gasteiger partial charge in [-0.15, -0.1) is 0 Å². The van der Waals surface area contributed by atoms with E-state index in [0.717, 1.165) is 6.54 Å². The van der Waals surface area contributed by atoms with Crippen molar-refractivity contribution in [3.05, 3.63) is 35.9 Å². The number of benzene rings is 1. The molecule has 18 heavy (non-hydrogen) atoms. The molecule has 0 aromatic heterocycles. The second-order valence-electron chi connectivity index (χ2n) is 6.81. The van der Waals surface area contributed by atoms with Crippen LogP contribution in [0.1, 0.15) is 58.4 Å². The molecule has 0 bridgehead atoms. The summed E-state index contributed by atoms with van der Waals surface area (Å²) >= 11 is 0. The highest BCUT2D eigenvalue weighted by atomic mass is 15.0. The van der Waals surface area contributed by atoms with Gasteiger partial charge in [0.1, 0.15) is 0 Å². The van der Waals surface area contributed by atoms with Crippen LogP contribution in [0.4, 0.5) is 0 Å². The molecule has 1 N–H and O–H groups in total. The molecule has 2 rings (SSSR count). The predicted octanol–water partition coefficient (Wildman–Crippen LogP) is 4.28. The second-order valence-corrected chi connectivity index (χ2v) is 6.81. The normalized spacial score (nSPS) is 19.7. The monoisotopic (exact) mass is 245 g/mol. The van der Waals surface area contributed by atoms with Gasteiger partial charge in [0.05, 0.1) is 0 Å². The van der Waals surface area contributed by atoms with Crippen molar-refractivity contribution in [1.82, 2.24) is 5.32 Å². The third kappa shape index (κ3) is 3.35. The van der Waals surface area contributed by atoms with E-state index in [-0.39, 0.29) is 5.54 Å². The van der Waals surface area contributed by atoms with E-state index in [2.05, 4.69) is 56.4 Å². The number of hydrogen-bond acceptors (Lipinski definition) is 1. The first-order chi connectivity index (χ1) is 8.52. The Kier molecular flexibility index (Phi) is 4.11. The van der Waals surface area contributed by atoms with Crippen LogP contribution in [0.15, 0.2) is 30.3 Å². The van der Waals surface area contributed by atoms with Crippen molar-refractivity contribution in [2.24, 2.45) is 0 Å². The van der Waals surface area contributed by atoms with Crippen molar-refractivity contribution in [3.63, 3.8) is 0 Å². The summed E-state index contributed by atoms with van der Waals surface area (Å²) in [5.74, 6) is 0. The summed E-state index contributed by atoms with van der Waals surface area (Å²) in [5, 5.41) is 3.73. The van der Waals surface area contributed by atoms with Crippen molar-refractivity contribution in [2.45, 2.75) is 63.8 Å². The van der Waals surface area contributed by atoms with Crippen molar-refractivity contribution in [1.29, 1.82) is 0 Å². The third-order valence-corrected chi connectivity index (χ3v) is 4.15. The molecule has 1 heteroatoms. The molecule has 1 aromatic rings. The summed E-state index contributed by atoms with van der Waals surface area (Å²) < 4.78 is 0. The Balaban J connectivity index is 2.18. The molecule has 1 aromatic carbocycles. The fourth-order valence-corrected chi connectivity index (χ4v) is 3.02.